The van der Waals surface area contributed by atoms with E-state index < -0.39 is 9.84 Å². The summed E-state index contributed by atoms with van der Waals surface area (Å²) in [6.45, 7) is 10.1. The maximum atomic E-state index is 11.7. The van der Waals surface area contributed by atoms with Crippen LogP contribution in [0.25, 0.3) is 0 Å². The molecule has 0 saturated heterocycles. The fraction of sp³-hybridized carbons (Fsp3) is 0.400. The molecule has 0 radical (unpaired) electrons. The van der Waals surface area contributed by atoms with E-state index in [-0.39, 0.29) is 5.75 Å². The van der Waals surface area contributed by atoms with Crippen LogP contribution >= 0.6 is 0 Å². The van der Waals surface area contributed by atoms with Crippen LogP contribution in [-0.2, 0) is 9.84 Å². The number of benzene rings is 2. The molecule has 2 aromatic carbocycles. The summed E-state index contributed by atoms with van der Waals surface area (Å²) in [7, 11) is -1.31. The van der Waals surface area contributed by atoms with Gasteiger partial charge in [0.2, 0.25) is 0 Å². The van der Waals surface area contributed by atoms with Crippen LogP contribution in [0.15, 0.2) is 53.4 Å². The predicted octanol–water partition coefficient (Wildman–Crippen LogP) is 5.24. The fourth-order valence-corrected chi connectivity index (χ4v) is 3.23. The largest absolute Gasteiger partial charge is 0.388 e. The van der Waals surface area contributed by atoms with Gasteiger partial charge in [-0.2, -0.15) is 0 Å². The smallest absolute Gasteiger partial charge is 0.178 e. The number of sulfone groups is 1. The molecule has 134 valence electrons. The third-order valence-corrected chi connectivity index (χ3v) is 5.09. The minimum absolute atomic E-state index is 0.208. The highest BCUT2D eigenvalue weighted by Crippen LogP contribution is 2.16. The Kier molecular flexibility index (Phi) is 10.8. The number of aryl methyl sites for hydroxylation is 2. The van der Waals surface area contributed by atoms with E-state index in [2.05, 4.69) is 43.4 Å². The molecule has 0 aliphatic carbocycles. The van der Waals surface area contributed by atoms with Gasteiger partial charge in [0.15, 0.2) is 9.84 Å². The summed E-state index contributed by atoms with van der Waals surface area (Å²) in [4.78, 5) is 0.395. The van der Waals surface area contributed by atoms with E-state index in [1.807, 2.05) is 26.8 Å². The standard InChI is InChI=1S/C10H15NO2S.C8H10.C2H6/c1-3-7-14(12,13)10-6-4-5-9(8-10)11-2;1-7-3-5-8(2)6-4-7;1-2/h4-6,8,11H,3,7H2,1-2H3;3-6H,1-2H3;1-2H3. The van der Waals surface area contributed by atoms with E-state index in [1.165, 1.54) is 11.1 Å². The Bertz CT molecular complexity index is 656. The van der Waals surface area contributed by atoms with Crippen molar-refractivity contribution in [2.45, 2.75) is 45.9 Å². The van der Waals surface area contributed by atoms with E-state index in [9.17, 15) is 8.42 Å². The van der Waals surface area contributed by atoms with Crippen LogP contribution in [-0.4, -0.2) is 21.2 Å². The number of anilines is 1. The van der Waals surface area contributed by atoms with Gasteiger partial charge in [0.25, 0.3) is 0 Å². The van der Waals surface area contributed by atoms with Gasteiger partial charge < -0.3 is 5.32 Å². The first-order valence-electron chi connectivity index (χ1n) is 8.43. The average Bonchev–Trinajstić information content (AvgIpc) is 2.60. The van der Waals surface area contributed by atoms with Gasteiger partial charge in [-0.05, 0) is 38.5 Å². The summed E-state index contributed by atoms with van der Waals surface area (Å²) < 4.78 is 23.3. The molecule has 0 aromatic heterocycles. The Balaban J connectivity index is 0.000000447. The summed E-state index contributed by atoms with van der Waals surface area (Å²) in [6, 6.07) is 15.4. The molecule has 0 aliphatic rings. The molecule has 24 heavy (non-hydrogen) atoms. The topological polar surface area (TPSA) is 46.2 Å². The average molecular weight is 350 g/mol. The maximum Gasteiger partial charge on any atom is 0.178 e. The highest BCUT2D eigenvalue weighted by atomic mass is 32.2. The van der Waals surface area contributed by atoms with E-state index in [1.54, 1.807) is 25.2 Å². The van der Waals surface area contributed by atoms with Crippen molar-refractivity contribution >= 4 is 15.5 Å². The molecule has 0 atom stereocenters. The summed E-state index contributed by atoms with van der Waals surface area (Å²) >= 11 is 0. The van der Waals surface area contributed by atoms with Gasteiger partial charge in [-0.3, -0.25) is 0 Å². The molecule has 0 aliphatic heterocycles. The van der Waals surface area contributed by atoms with Gasteiger partial charge in [-0.1, -0.05) is 62.2 Å². The van der Waals surface area contributed by atoms with Crippen molar-refractivity contribution < 1.29 is 8.42 Å². The molecule has 0 fully saturated rings. The summed E-state index contributed by atoms with van der Waals surface area (Å²) in [5.41, 5.74) is 3.48. The second-order valence-electron chi connectivity index (χ2n) is 5.25. The Morgan fingerprint density at radius 1 is 0.917 bits per heavy atom. The quantitative estimate of drug-likeness (QED) is 0.821. The van der Waals surface area contributed by atoms with E-state index >= 15 is 0 Å². The van der Waals surface area contributed by atoms with Gasteiger partial charge in [-0.15, -0.1) is 0 Å². The SMILES string of the molecule is CC.CCCS(=O)(=O)c1cccc(NC)c1.Cc1ccc(C)cc1. The molecule has 0 saturated carbocycles. The Hall–Kier alpha value is -1.81. The number of hydrogen-bond donors (Lipinski definition) is 1. The molecule has 3 nitrogen and oxygen atoms in total. The molecular weight excluding hydrogens is 318 g/mol. The number of nitrogens with one attached hydrogen (secondary N) is 1. The summed E-state index contributed by atoms with van der Waals surface area (Å²) in [5, 5.41) is 2.92. The molecule has 1 N–H and O–H groups in total. The Morgan fingerprint density at radius 3 is 1.83 bits per heavy atom. The van der Waals surface area contributed by atoms with Gasteiger partial charge >= 0.3 is 0 Å². The van der Waals surface area contributed by atoms with Gasteiger partial charge in [0.05, 0.1) is 10.6 Å². The summed E-state index contributed by atoms with van der Waals surface area (Å²) in [6.07, 6.45) is 0.645. The number of hydrogen-bond acceptors (Lipinski definition) is 3. The van der Waals surface area contributed by atoms with Gasteiger partial charge in [0, 0.05) is 12.7 Å². The second-order valence-corrected chi connectivity index (χ2v) is 7.36. The van der Waals surface area contributed by atoms with Crippen molar-refractivity contribution in [3.05, 3.63) is 59.7 Å². The highest BCUT2D eigenvalue weighted by Gasteiger charge is 2.12. The van der Waals surface area contributed by atoms with Crippen molar-refractivity contribution in [3.8, 4) is 0 Å². The summed E-state index contributed by atoms with van der Waals surface area (Å²) in [5.74, 6) is 0.208. The van der Waals surface area contributed by atoms with Gasteiger partial charge in [-0.25, -0.2) is 8.42 Å². The van der Waals surface area contributed by atoms with Crippen LogP contribution in [0.2, 0.25) is 0 Å². The molecule has 0 amide bonds. The minimum atomic E-state index is -3.08. The first kappa shape index (κ1) is 22.2. The molecule has 2 rings (SSSR count). The molecule has 0 spiro atoms. The third kappa shape index (κ3) is 8.16. The first-order valence-corrected chi connectivity index (χ1v) is 10.1. The normalized spacial score (nSPS) is 9.92. The van der Waals surface area contributed by atoms with E-state index in [0.717, 1.165) is 5.69 Å². The fourth-order valence-electron chi connectivity index (χ4n) is 1.87. The van der Waals surface area contributed by atoms with Crippen LogP contribution in [0, 0.1) is 13.8 Å². The highest BCUT2D eigenvalue weighted by molar-refractivity contribution is 7.91. The lowest BCUT2D eigenvalue weighted by Crippen LogP contribution is -2.06. The van der Waals surface area contributed by atoms with Crippen LogP contribution in [0.5, 0.6) is 0 Å². The zero-order chi connectivity index (χ0) is 18.6. The Morgan fingerprint density at radius 2 is 1.42 bits per heavy atom. The lowest BCUT2D eigenvalue weighted by Gasteiger charge is -2.05. The molecule has 0 heterocycles. The van der Waals surface area contributed by atoms with E-state index in [0.29, 0.717) is 11.3 Å². The third-order valence-electron chi connectivity index (χ3n) is 3.17. The van der Waals surface area contributed by atoms with Crippen LogP contribution in [0.4, 0.5) is 5.69 Å². The molecule has 0 unspecified atom stereocenters. The van der Waals surface area contributed by atoms with Crippen molar-refractivity contribution in [2.75, 3.05) is 18.1 Å². The van der Waals surface area contributed by atoms with Crippen molar-refractivity contribution in [1.82, 2.24) is 0 Å². The first-order chi connectivity index (χ1) is 11.4. The molecular formula is C20H31NO2S. The van der Waals surface area contributed by atoms with Crippen molar-refractivity contribution in [1.29, 1.82) is 0 Å². The minimum Gasteiger partial charge on any atom is -0.388 e. The second kappa shape index (κ2) is 11.7. The van der Waals surface area contributed by atoms with Crippen LogP contribution in [0.3, 0.4) is 0 Å². The zero-order valence-electron chi connectivity index (χ0n) is 15.8. The van der Waals surface area contributed by atoms with E-state index in [4.69, 9.17) is 0 Å². The number of rotatable bonds is 4. The zero-order valence-corrected chi connectivity index (χ0v) is 16.6. The molecule has 2 aromatic rings. The lowest BCUT2D eigenvalue weighted by atomic mass is 10.2. The predicted molar refractivity (Wildman–Crippen MR) is 106 cm³/mol. The Labute approximate surface area is 148 Å². The van der Waals surface area contributed by atoms with Crippen molar-refractivity contribution in [2.24, 2.45) is 0 Å². The molecule has 0 bridgehead atoms. The van der Waals surface area contributed by atoms with Crippen LogP contribution in [0.1, 0.15) is 38.3 Å². The monoisotopic (exact) mass is 349 g/mol. The van der Waals surface area contributed by atoms with Gasteiger partial charge in [0.1, 0.15) is 0 Å². The van der Waals surface area contributed by atoms with Crippen molar-refractivity contribution in [3.63, 3.8) is 0 Å². The molecule has 4 heteroatoms. The lowest BCUT2D eigenvalue weighted by molar-refractivity contribution is 0.595. The maximum absolute atomic E-state index is 11.7. The van der Waals surface area contributed by atoms with Crippen LogP contribution < -0.4 is 5.32 Å².